The van der Waals surface area contributed by atoms with Gasteiger partial charge in [-0.25, -0.2) is 8.42 Å². The molecule has 1 saturated carbocycles. The second-order valence-corrected chi connectivity index (χ2v) is 6.47. The van der Waals surface area contributed by atoms with Gasteiger partial charge in [-0.05, 0) is 31.4 Å². The Morgan fingerprint density at radius 2 is 1.93 bits per heavy atom. The first-order chi connectivity index (χ1) is 7.03. The van der Waals surface area contributed by atoms with E-state index in [2.05, 4.69) is 0 Å². The highest BCUT2D eigenvalue weighted by atomic mass is 32.2. The Labute approximate surface area is 90.2 Å². The van der Waals surface area contributed by atoms with Crippen LogP contribution in [-0.2, 0) is 9.84 Å². The summed E-state index contributed by atoms with van der Waals surface area (Å²) in [5.41, 5.74) is 6.37. The van der Waals surface area contributed by atoms with Crippen LogP contribution in [0.4, 0.5) is 0 Å². The summed E-state index contributed by atoms with van der Waals surface area (Å²) >= 11 is 0. The second-order valence-electron chi connectivity index (χ2n) is 4.16. The van der Waals surface area contributed by atoms with Crippen LogP contribution in [-0.4, -0.2) is 19.7 Å². The molecule has 1 aliphatic carbocycles. The largest absolute Gasteiger partial charge is 0.329 e. The molecule has 0 atom stereocenters. The molecule has 0 radical (unpaired) electrons. The average Bonchev–Trinajstić information content (AvgIpc) is 2.98. The number of nitrogens with two attached hydrogens (primary N) is 1. The Hall–Kier alpha value is -0.870. The second kappa shape index (κ2) is 3.32. The molecule has 0 unspecified atom stereocenters. The van der Waals surface area contributed by atoms with Crippen LogP contribution >= 0.6 is 0 Å². The highest BCUT2D eigenvalue weighted by Crippen LogP contribution is 2.46. The summed E-state index contributed by atoms with van der Waals surface area (Å²) in [7, 11) is -3.23. The van der Waals surface area contributed by atoms with E-state index in [4.69, 9.17) is 5.73 Å². The summed E-state index contributed by atoms with van der Waals surface area (Å²) in [6, 6.07) is 7.09. The number of hydrogen-bond donors (Lipinski definition) is 1. The number of benzene rings is 1. The normalized spacial score (nSPS) is 18.8. The van der Waals surface area contributed by atoms with Crippen molar-refractivity contribution in [1.29, 1.82) is 0 Å². The smallest absolute Gasteiger partial charge is 0.185 e. The predicted octanol–water partition coefficient (Wildman–Crippen LogP) is 1.26. The highest BCUT2D eigenvalue weighted by molar-refractivity contribution is 7.93. The number of rotatable bonds is 3. The van der Waals surface area contributed by atoms with Gasteiger partial charge in [0.2, 0.25) is 0 Å². The summed E-state index contributed by atoms with van der Waals surface area (Å²) in [5, 5.41) is 0. The molecule has 0 spiro atoms. The third kappa shape index (κ3) is 1.48. The fourth-order valence-electron chi connectivity index (χ4n) is 1.81. The van der Waals surface area contributed by atoms with Gasteiger partial charge in [-0.3, -0.25) is 0 Å². The van der Waals surface area contributed by atoms with E-state index in [1.54, 1.807) is 12.1 Å². The SMILES string of the molecule is Cc1ccccc1S(=O)(=O)C1(CN)CC1. The van der Waals surface area contributed by atoms with Crippen LogP contribution in [0.1, 0.15) is 18.4 Å². The van der Waals surface area contributed by atoms with Gasteiger partial charge in [-0.15, -0.1) is 0 Å². The Balaban J connectivity index is 2.52. The molecular weight excluding hydrogens is 210 g/mol. The van der Waals surface area contributed by atoms with Gasteiger partial charge >= 0.3 is 0 Å². The average molecular weight is 225 g/mol. The van der Waals surface area contributed by atoms with Gasteiger partial charge in [0.1, 0.15) is 0 Å². The molecule has 0 aliphatic heterocycles. The molecule has 15 heavy (non-hydrogen) atoms. The van der Waals surface area contributed by atoms with E-state index >= 15 is 0 Å². The van der Waals surface area contributed by atoms with Crippen LogP contribution in [0.5, 0.6) is 0 Å². The first kappa shape index (κ1) is 10.6. The standard InChI is InChI=1S/C11H15NO2S/c1-9-4-2-3-5-10(9)15(13,14)11(8-12)6-7-11/h2-5H,6-8,12H2,1H3. The lowest BCUT2D eigenvalue weighted by molar-refractivity contribution is 0.576. The van der Waals surface area contributed by atoms with Crippen molar-refractivity contribution >= 4 is 9.84 Å². The molecule has 4 heteroatoms. The van der Waals surface area contributed by atoms with Crippen molar-refractivity contribution in [3.8, 4) is 0 Å². The van der Waals surface area contributed by atoms with Crippen molar-refractivity contribution in [2.24, 2.45) is 5.73 Å². The summed E-state index contributed by atoms with van der Waals surface area (Å²) in [4.78, 5) is 0.438. The third-order valence-electron chi connectivity index (χ3n) is 3.13. The maximum Gasteiger partial charge on any atom is 0.185 e. The van der Waals surface area contributed by atoms with Crippen molar-refractivity contribution in [3.63, 3.8) is 0 Å². The Bertz CT molecular complexity index is 475. The topological polar surface area (TPSA) is 60.2 Å². The highest BCUT2D eigenvalue weighted by Gasteiger charge is 2.54. The minimum Gasteiger partial charge on any atom is -0.329 e. The lowest BCUT2D eigenvalue weighted by atomic mass is 10.2. The number of hydrogen-bond acceptors (Lipinski definition) is 3. The molecular formula is C11H15NO2S. The molecule has 1 fully saturated rings. The minimum absolute atomic E-state index is 0.226. The fraction of sp³-hybridized carbons (Fsp3) is 0.455. The van der Waals surface area contributed by atoms with Crippen LogP contribution in [0.3, 0.4) is 0 Å². The summed E-state index contributed by atoms with van der Waals surface area (Å²) < 4.78 is 23.9. The molecule has 82 valence electrons. The monoisotopic (exact) mass is 225 g/mol. The van der Waals surface area contributed by atoms with E-state index < -0.39 is 14.6 Å². The molecule has 0 saturated heterocycles. The quantitative estimate of drug-likeness (QED) is 0.842. The van der Waals surface area contributed by atoms with E-state index in [9.17, 15) is 8.42 Å². The van der Waals surface area contributed by atoms with E-state index in [0.29, 0.717) is 17.7 Å². The van der Waals surface area contributed by atoms with Crippen LogP contribution in [0.25, 0.3) is 0 Å². The van der Waals surface area contributed by atoms with Crippen molar-refractivity contribution in [2.75, 3.05) is 6.54 Å². The zero-order chi connectivity index (χ0) is 11.1. The molecule has 0 amide bonds. The molecule has 0 bridgehead atoms. The lowest BCUT2D eigenvalue weighted by Crippen LogP contribution is -2.32. The Kier molecular flexibility index (Phi) is 2.35. The molecule has 2 rings (SSSR count). The van der Waals surface area contributed by atoms with Crippen molar-refractivity contribution in [1.82, 2.24) is 0 Å². The van der Waals surface area contributed by atoms with Gasteiger partial charge in [-0.1, -0.05) is 18.2 Å². The Morgan fingerprint density at radius 3 is 2.40 bits per heavy atom. The number of sulfone groups is 1. The van der Waals surface area contributed by atoms with Gasteiger partial charge in [0.25, 0.3) is 0 Å². The molecule has 0 aromatic heterocycles. The molecule has 1 aliphatic rings. The van der Waals surface area contributed by atoms with E-state index in [0.717, 1.165) is 5.56 Å². The van der Waals surface area contributed by atoms with Gasteiger partial charge in [0.15, 0.2) is 9.84 Å². The molecule has 1 aromatic carbocycles. The summed E-state index contributed by atoms with van der Waals surface area (Å²) in [6.07, 6.45) is 1.39. The molecule has 2 N–H and O–H groups in total. The van der Waals surface area contributed by atoms with Crippen LogP contribution in [0.15, 0.2) is 29.2 Å². The van der Waals surface area contributed by atoms with Crippen molar-refractivity contribution in [2.45, 2.75) is 29.4 Å². The molecule has 1 aromatic rings. The number of aryl methyl sites for hydroxylation is 1. The maximum atomic E-state index is 12.3. The zero-order valence-electron chi connectivity index (χ0n) is 8.73. The minimum atomic E-state index is -3.23. The van der Waals surface area contributed by atoms with Gasteiger partial charge in [0, 0.05) is 6.54 Å². The maximum absolute atomic E-state index is 12.3. The van der Waals surface area contributed by atoms with Crippen molar-refractivity contribution in [3.05, 3.63) is 29.8 Å². The van der Waals surface area contributed by atoms with Crippen LogP contribution in [0.2, 0.25) is 0 Å². The van der Waals surface area contributed by atoms with E-state index in [1.165, 1.54) is 0 Å². The zero-order valence-corrected chi connectivity index (χ0v) is 9.55. The predicted molar refractivity (Wildman–Crippen MR) is 59.4 cm³/mol. The molecule has 0 heterocycles. The summed E-state index contributed by atoms with van der Waals surface area (Å²) in [5.74, 6) is 0. The summed E-state index contributed by atoms with van der Waals surface area (Å²) in [6.45, 7) is 2.04. The first-order valence-corrected chi connectivity index (χ1v) is 6.52. The Morgan fingerprint density at radius 1 is 1.33 bits per heavy atom. The first-order valence-electron chi connectivity index (χ1n) is 5.04. The van der Waals surface area contributed by atoms with Gasteiger partial charge < -0.3 is 5.73 Å². The van der Waals surface area contributed by atoms with Crippen molar-refractivity contribution < 1.29 is 8.42 Å². The van der Waals surface area contributed by atoms with Crippen LogP contribution in [0, 0.1) is 6.92 Å². The lowest BCUT2D eigenvalue weighted by Gasteiger charge is -2.15. The van der Waals surface area contributed by atoms with Gasteiger partial charge in [-0.2, -0.15) is 0 Å². The van der Waals surface area contributed by atoms with E-state index in [1.807, 2.05) is 19.1 Å². The van der Waals surface area contributed by atoms with E-state index in [-0.39, 0.29) is 6.54 Å². The third-order valence-corrected chi connectivity index (χ3v) is 5.88. The van der Waals surface area contributed by atoms with Crippen LogP contribution < -0.4 is 5.73 Å². The fourth-order valence-corrected chi connectivity index (χ4v) is 3.89. The molecule has 3 nitrogen and oxygen atoms in total. The van der Waals surface area contributed by atoms with Gasteiger partial charge in [0.05, 0.1) is 9.64 Å².